The molecule has 2 aliphatic rings. The van der Waals surface area contributed by atoms with Gasteiger partial charge in [0.15, 0.2) is 0 Å². The maximum absolute atomic E-state index is 9.10. The van der Waals surface area contributed by atoms with Crippen LogP contribution >= 0.6 is 0 Å². The number of pyridine rings is 1. The molecule has 3 rings (SSSR count). The van der Waals surface area contributed by atoms with Crippen molar-refractivity contribution in [2.45, 2.75) is 25.4 Å². The first kappa shape index (κ1) is 19.9. The Morgan fingerprint density at radius 3 is 2.54 bits per heavy atom. The minimum Gasteiger partial charge on any atom is -0.489 e. The molecule has 1 atom stereocenters. The zero-order chi connectivity index (χ0) is 18.8. The molecule has 1 aromatic rings. The molecule has 3 heterocycles. The summed E-state index contributed by atoms with van der Waals surface area (Å²) in [6, 6.07) is 2.07. The maximum atomic E-state index is 9.10. The van der Waals surface area contributed by atoms with Crippen molar-refractivity contribution < 1.29 is 29.3 Å². The fourth-order valence-corrected chi connectivity index (χ4v) is 2.67. The third kappa shape index (κ3) is 7.20. The van der Waals surface area contributed by atoms with Crippen molar-refractivity contribution in [1.29, 1.82) is 0 Å². The lowest BCUT2D eigenvalue weighted by molar-refractivity contribution is -0.159. The normalized spacial score (nSPS) is 20.4. The van der Waals surface area contributed by atoms with Crippen LogP contribution in [-0.2, 0) is 14.3 Å². The molecule has 0 radical (unpaired) electrons. The van der Waals surface area contributed by atoms with Gasteiger partial charge in [-0.2, -0.15) is 0 Å². The molecular formula is C18H24N2O6. The number of aliphatic carboxylic acids is 2. The summed E-state index contributed by atoms with van der Waals surface area (Å²) in [6.45, 7) is 3.81. The van der Waals surface area contributed by atoms with Gasteiger partial charge in [-0.1, -0.05) is 12.2 Å². The van der Waals surface area contributed by atoms with Crippen LogP contribution in [0.2, 0.25) is 0 Å². The van der Waals surface area contributed by atoms with Gasteiger partial charge in [-0.05, 0) is 30.5 Å². The van der Waals surface area contributed by atoms with E-state index in [2.05, 4.69) is 28.5 Å². The highest BCUT2D eigenvalue weighted by molar-refractivity contribution is 6.27. The summed E-state index contributed by atoms with van der Waals surface area (Å²) in [5.41, 5.74) is 1.11. The van der Waals surface area contributed by atoms with Crippen LogP contribution in [0.25, 0.3) is 6.08 Å². The van der Waals surface area contributed by atoms with Crippen molar-refractivity contribution in [3.63, 3.8) is 0 Å². The van der Waals surface area contributed by atoms with Crippen LogP contribution in [0.15, 0.2) is 24.5 Å². The molecule has 2 aliphatic heterocycles. The Morgan fingerprint density at radius 1 is 1.19 bits per heavy atom. The van der Waals surface area contributed by atoms with Crippen LogP contribution in [0.1, 0.15) is 24.8 Å². The van der Waals surface area contributed by atoms with Crippen LogP contribution in [0, 0.1) is 5.92 Å². The molecule has 0 unspecified atom stereocenters. The topological polar surface area (TPSA) is 118 Å². The molecule has 0 bridgehead atoms. The van der Waals surface area contributed by atoms with Gasteiger partial charge in [0.2, 0.25) is 0 Å². The molecule has 0 aliphatic carbocycles. The first-order chi connectivity index (χ1) is 12.5. The van der Waals surface area contributed by atoms with Crippen LogP contribution in [0.4, 0.5) is 0 Å². The summed E-state index contributed by atoms with van der Waals surface area (Å²) in [7, 11) is 0. The molecule has 3 N–H and O–H groups in total. The van der Waals surface area contributed by atoms with Gasteiger partial charge >= 0.3 is 11.9 Å². The van der Waals surface area contributed by atoms with E-state index in [-0.39, 0.29) is 6.10 Å². The van der Waals surface area contributed by atoms with Crippen molar-refractivity contribution in [3.8, 4) is 5.75 Å². The summed E-state index contributed by atoms with van der Waals surface area (Å²) in [6.07, 6.45) is 11.5. The second-order valence-electron chi connectivity index (χ2n) is 6.11. The van der Waals surface area contributed by atoms with Crippen molar-refractivity contribution in [3.05, 3.63) is 30.1 Å². The Hall–Kier alpha value is -2.45. The Bertz CT molecular complexity index is 610. The van der Waals surface area contributed by atoms with Gasteiger partial charge in [0, 0.05) is 25.6 Å². The third-order valence-corrected chi connectivity index (χ3v) is 4.05. The molecule has 0 aromatic carbocycles. The van der Waals surface area contributed by atoms with Crippen LogP contribution in [0.3, 0.4) is 0 Å². The average molecular weight is 364 g/mol. The quantitative estimate of drug-likeness (QED) is 0.687. The second-order valence-corrected chi connectivity index (χ2v) is 6.11. The van der Waals surface area contributed by atoms with Gasteiger partial charge in [0.25, 0.3) is 0 Å². The number of carbonyl (C=O) groups is 2. The lowest BCUT2D eigenvalue weighted by Crippen LogP contribution is -2.25. The maximum Gasteiger partial charge on any atom is 0.414 e. The molecule has 2 fully saturated rings. The molecule has 0 amide bonds. The molecule has 8 heteroatoms. The predicted molar refractivity (Wildman–Crippen MR) is 94.0 cm³/mol. The molecule has 0 saturated carbocycles. The highest BCUT2D eigenvalue weighted by Crippen LogP contribution is 2.19. The second kappa shape index (κ2) is 10.5. The van der Waals surface area contributed by atoms with Gasteiger partial charge in [-0.15, -0.1) is 0 Å². The first-order valence-electron chi connectivity index (χ1n) is 8.59. The fourth-order valence-electron chi connectivity index (χ4n) is 2.67. The number of rotatable bonds is 4. The molecular weight excluding hydrogens is 340 g/mol. The minimum absolute atomic E-state index is 0.267. The van der Waals surface area contributed by atoms with Gasteiger partial charge in [-0.25, -0.2) is 9.59 Å². The lowest BCUT2D eigenvalue weighted by Gasteiger charge is -2.23. The minimum atomic E-state index is -1.82. The van der Waals surface area contributed by atoms with E-state index in [1.807, 2.05) is 6.20 Å². The van der Waals surface area contributed by atoms with Gasteiger partial charge < -0.3 is 25.0 Å². The number of nitrogens with one attached hydrogen (secondary N) is 1. The first-order valence-corrected chi connectivity index (χ1v) is 8.59. The van der Waals surface area contributed by atoms with E-state index in [4.69, 9.17) is 29.3 Å². The Balaban J connectivity index is 0.000000352. The number of aromatic nitrogens is 1. The van der Waals surface area contributed by atoms with Crippen molar-refractivity contribution in [2.75, 3.05) is 26.3 Å². The van der Waals surface area contributed by atoms with E-state index >= 15 is 0 Å². The smallest absolute Gasteiger partial charge is 0.414 e. The standard InChI is InChI=1S/C16H22N2O2.C2H2O4/c1(13-3-6-17-10-13)2-14-9-16(12-18-11-14)20-15-4-7-19-8-5-15;3-1(4)2(5)6/h1-2,9,11-13,15,17H,3-8,10H2;(H,3,4)(H,5,6)/b2-1+;/t13-;/m0./s1. The molecule has 2 saturated heterocycles. The number of hydrogen-bond donors (Lipinski definition) is 3. The van der Waals surface area contributed by atoms with Crippen molar-refractivity contribution in [1.82, 2.24) is 10.3 Å². The summed E-state index contributed by atoms with van der Waals surface area (Å²) in [5, 5.41) is 18.2. The molecule has 8 nitrogen and oxygen atoms in total. The highest BCUT2D eigenvalue weighted by atomic mass is 16.5. The van der Waals surface area contributed by atoms with E-state index in [0.717, 1.165) is 50.5 Å². The van der Waals surface area contributed by atoms with E-state index in [1.54, 1.807) is 6.20 Å². The average Bonchev–Trinajstić information content (AvgIpc) is 3.15. The van der Waals surface area contributed by atoms with E-state index < -0.39 is 11.9 Å². The molecule has 0 spiro atoms. The summed E-state index contributed by atoms with van der Waals surface area (Å²) in [4.78, 5) is 22.5. The number of hydrogen-bond acceptors (Lipinski definition) is 6. The van der Waals surface area contributed by atoms with E-state index in [1.165, 1.54) is 6.42 Å². The fraction of sp³-hybridized carbons (Fsp3) is 0.500. The SMILES string of the molecule is C(=C\[C@H]1CCNC1)/c1cncc(OC2CCOCC2)c1.O=C(O)C(=O)O. The summed E-state index contributed by atoms with van der Waals surface area (Å²) in [5.74, 6) is -2.14. The van der Waals surface area contributed by atoms with E-state index in [9.17, 15) is 0 Å². The zero-order valence-corrected chi connectivity index (χ0v) is 14.5. The van der Waals surface area contributed by atoms with Crippen LogP contribution < -0.4 is 10.1 Å². The van der Waals surface area contributed by atoms with Crippen LogP contribution in [-0.4, -0.2) is 59.5 Å². The third-order valence-electron chi connectivity index (χ3n) is 4.05. The lowest BCUT2D eigenvalue weighted by atomic mass is 10.1. The zero-order valence-electron chi connectivity index (χ0n) is 14.5. The van der Waals surface area contributed by atoms with Crippen molar-refractivity contribution >= 4 is 18.0 Å². The number of carboxylic acid groups (broad SMARTS) is 2. The largest absolute Gasteiger partial charge is 0.489 e. The van der Waals surface area contributed by atoms with Crippen LogP contribution in [0.5, 0.6) is 5.75 Å². The van der Waals surface area contributed by atoms with E-state index in [0.29, 0.717) is 5.92 Å². The Morgan fingerprint density at radius 2 is 1.92 bits per heavy atom. The number of carboxylic acids is 2. The Kier molecular flexibility index (Phi) is 8.04. The molecule has 26 heavy (non-hydrogen) atoms. The molecule has 1 aromatic heterocycles. The monoisotopic (exact) mass is 364 g/mol. The Labute approximate surface area is 151 Å². The molecule has 142 valence electrons. The van der Waals surface area contributed by atoms with Gasteiger partial charge in [0.05, 0.1) is 19.4 Å². The number of ether oxygens (including phenoxy) is 2. The highest BCUT2D eigenvalue weighted by Gasteiger charge is 2.15. The predicted octanol–water partition coefficient (Wildman–Crippen LogP) is 1.42. The van der Waals surface area contributed by atoms with Gasteiger partial charge in [0.1, 0.15) is 11.9 Å². The number of nitrogens with zero attached hydrogens (tertiary/aromatic N) is 1. The summed E-state index contributed by atoms with van der Waals surface area (Å²) < 4.78 is 11.3. The summed E-state index contributed by atoms with van der Waals surface area (Å²) >= 11 is 0. The van der Waals surface area contributed by atoms with Crippen molar-refractivity contribution in [2.24, 2.45) is 5.92 Å². The van der Waals surface area contributed by atoms with Gasteiger partial charge in [-0.3, -0.25) is 4.98 Å².